The first-order chi connectivity index (χ1) is 12.0. The topological polar surface area (TPSA) is 72.0 Å². The number of rotatable bonds is 6. The first-order valence-electron chi connectivity index (χ1n) is 7.31. The Morgan fingerprint density at radius 3 is 2.44 bits per heavy atom. The second-order valence-electron chi connectivity index (χ2n) is 5.13. The number of hydrogen-bond donors (Lipinski definition) is 1. The van der Waals surface area contributed by atoms with Gasteiger partial charge in [0.25, 0.3) is 0 Å². The third kappa shape index (κ3) is 4.71. The summed E-state index contributed by atoms with van der Waals surface area (Å²) in [5.41, 5.74) is 3.08. The van der Waals surface area contributed by atoms with E-state index in [0.717, 1.165) is 11.3 Å². The molecule has 2 aromatic carbocycles. The maximum Gasteiger partial charge on any atom is 0.209 e. The molecular formula is C17H14FN3O2S2. The van der Waals surface area contributed by atoms with Crippen LogP contribution in [-0.2, 0) is 9.84 Å². The van der Waals surface area contributed by atoms with E-state index in [1.54, 1.807) is 54.1 Å². The van der Waals surface area contributed by atoms with Crippen molar-refractivity contribution in [1.29, 1.82) is 0 Å². The van der Waals surface area contributed by atoms with Crippen LogP contribution in [0.25, 0.3) is 6.08 Å². The molecule has 0 spiro atoms. The van der Waals surface area contributed by atoms with Crippen LogP contribution in [0.15, 0.2) is 65.0 Å². The first-order valence-corrected chi connectivity index (χ1v) is 9.84. The van der Waals surface area contributed by atoms with Gasteiger partial charge in [-0.05, 0) is 42.0 Å². The van der Waals surface area contributed by atoms with Gasteiger partial charge in [-0.15, -0.1) is 10.2 Å². The van der Waals surface area contributed by atoms with E-state index in [2.05, 4.69) is 15.5 Å². The molecule has 0 radical (unpaired) electrons. The van der Waals surface area contributed by atoms with Gasteiger partial charge in [0.05, 0.1) is 10.6 Å². The van der Waals surface area contributed by atoms with Crippen LogP contribution in [0, 0.1) is 5.82 Å². The predicted molar refractivity (Wildman–Crippen MR) is 97.1 cm³/mol. The van der Waals surface area contributed by atoms with Crippen molar-refractivity contribution in [1.82, 2.24) is 10.2 Å². The summed E-state index contributed by atoms with van der Waals surface area (Å²) in [6.07, 6.45) is 3.21. The summed E-state index contributed by atoms with van der Waals surface area (Å²) in [6, 6.07) is 12.3. The van der Waals surface area contributed by atoms with Crippen molar-refractivity contribution in [2.45, 2.75) is 4.90 Å². The largest absolute Gasteiger partial charge is 0.330 e. The fourth-order valence-electron chi connectivity index (χ4n) is 2.08. The van der Waals surface area contributed by atoms with E-state index in [0.29, 0.717) is 5.13 Å². The summed E-state index contributed by atoms with van der Waals surface area (Å²) in [5.74, 6) is -0.458. The van der Waals surface area contributed by atoms with Crippen molar-refractivity contribution in [2.24, 2.45) is 0 Å². The van der Waals surface area contributed by atoms with Gasteiger partial charge < -0.3 is 5.32 Å². The molecule has 3 rings (SSSR count). The van der Waals surface area contributed by atoms with Crippen LogP contribution in [0.4, 0.5) is 15.2 Å². The summed E-state index contributed by atoms with van der Waals surface area (Å²) in [7, 11) is -3.43. The molecule has 1 aromatic heterocycles. The van der Waals surface area contributed by atoms with Gasteiger partial charge in [-0.2, -0.15) is 0 Å². The molecule has 5 nitrogen and oxygen atoms in total. The number of sulfone groups is 1. The fraction of sp³-hybridized carbons (Fsp3) is 0.0588. The third-order valence-electron chi connectivity index (χ3n) is 3.32. The standard InChI is InChI=1S/C17H14FN3O2S2/c18-14-5-3-13(4-6-14)2-1-11-25(22,23)16-9-7-15(8-10-16)20-17-21-19-12-24-17/h1-10,12H,11H2,(H,20,21). The number of nitrogens with zero attached hydrogens (tertiary/aromatic N) is 2. The number of benzene rings is 2. The Morgan fingerprint density at radius 1 is 1.08 bits per heavy atom. The number of halogens is 1. The normalized spacial score (nSPS) is 11.7. The molecule has 8 heteroatoms. The van der Waals surface area contributed by atoms with Crippen molar-refractivity contribution in [3.8, 4) is 0 Å². The number of aromatic nitrogens is 2. The Hall–Kier alpha value is -2.58. The average molecular weight is 375 g/mol. The van der Waals surface area contributed by atoms with E-state index >= 15 is 0 Å². The Morgan fingerprint density at radius 2 is 1.80 bits per heavy atom. The molecule has 0 aliphatic carbocycles. The van der Waals surface area contributed by atoms with Crippen LogP contribution >= 0.6 is 11.3 Å². The minimum atomic E-state index is -3.43. The summed E-state index contributed by atoms with van der Waals surface area (Å²) < 4.78 is 37.5. The first kappa shape index (κ1) is 17.2. The zero-order chi connectivity index (χ0) is 17.7. The van der Waals surface area contributed by atoms with Crippen LogP contribution in [0.3, 0.4) is 0 Å². The van der Waals surface area contributed by atoms with Crippen LogP contribution < -0.4 is 5.32 Å². The van der Waals surface area contributed by atoms with Crippen LogP contribution in [0.2, 0.25) is 0 Å². The molecule has 1 N–H and O–H groups in total. The highest BCUT2D eigenvalue weighted by molar-refractivity contribution is 7.91. The van der Waals surface area contributed by atoms with Crippen LogP contribution in [0.5, 0.6) is 0 Å². The van der Waals surface area contributed by atoms with Crippen molar-refractivity contribution in [3.05, 3.63) is 71.5 Å². The van der Waals surface area contributed by atoms with E-state index < -0.39 is 9.84 Å². The van der Waals surface area contributed by atoms with E-state index in [1.807, 2.05) is 0 Å². The van der Waals surface area contributed by atoms with Gasteiger partial charge in [0.2, 0.25) is 5.13 Å². The minimum Gasteiger partial charge on any atom is -0.330 e. The highest BCUT2D eigenvalue weighted by Crippen LogP contribution is 2.20. The molecule has 0 fully saturated rings. The van der Waals surface area contributed by atoms with Crippen molar-refractivity contribution < 1.29 is 12.8 Å². The quantitative estimate of drug-likeness (QED) is 0.707. The second kappa shape index (κ2) is 7.54. The van der Waals surface area contributed by atoms with Crippen LogP contribution in [0.1, 0.15) is 5.56 Å². The molecule has 0 unspecified atom stereocenters. The molecule has 0 atom stereocenters. The number of hydrogen-bond acceptors (Lipinski definition) is 6. The molecule has 0 aliphatic heterocycles. The summed E-state index contributed by atoms with van der Waals surface area (Å²) >= 11 is 1.35. The fourth-order valence-corrected chi connectivity index (χ4v) is 3.64. The molecule has 1 heterocycles. The van der Waals surface area contributed by atoms with Crippen molar-refractivity contribution >= 4 is 38.1 Å². The highest BCUT2D eigenvalue weighted by atomic mass is 32.2. The van der Waals surface area contributed by atoms with Crippen molar-refractivity contribution in [3.63, 3.8) is 0 Å². The third-order valence-corrected chi connectivity index (χ3v) is 5.55. The molecule has 0 saturated heterocycles. The van der Waals surface area contributed by atoms with Gasteiger partial charge in [-0.25, -0.2) is 12.8 Å². The lowest BCUT2D eigenvalue weighted by Crippen LogP contribution is -2.04. The van der Waals surface area contributed by atoms with Gasteiger partial charge in [0.15, 0.2) is 9.84 Å². The molecule has 0 bridgehead atoms. The lowest BCUT2D eigenvalue weighted by atomic mass is 10.2. The molecular weight excluding hydrogens is 361 g/mol. The molecule has 128 valence electrons. The van der Waals surface area contributed by atoms with Gasteiger partial charge in [0.1, 0.15) is 11.3 Å². The van der Waals surface area contributed by atoms with E-state index in [4.69, 9.17) is 0 Å². The Bertz CT molecular complexity index is 952. The number of nitrogens with one attached hydrogen (secondary N) is 1. The van der Waals surface area contributed by atoms with Gasteiger partial charge in [0, 0.05) is 5.69 Å². The molecule has 25 heavy (non-hydrogen) atoms. The zero-order valence-corrected chi connectivity index (χ0v) is 14.6. The van der Waals surface area contributed by atoms with Crippen LogP contribution in [-0.4, -0.2) is 24.4 Å². The average Bonchev–Trinajstić information content (AvgIpc) is 3.10. The monoisotopic (exact) mass is 375 g/mol. The maximum atomic E-state index is 12.8. The Balaban J connectivity index is 1.66. The zero-order valence-electron chi connectivity index (χ0n) is 13.0. The SMILES string of the molecule is O=S(=O)(CC=Cc1ccc(F)cc1)c1ccc(Nc2nncs2)cc1. The van der Waals surface area contributed by atoms with Gasteiger partial charge >= 0.3 is 0 Å². The Labute approximate surface area is 148 Å². The smallest absolute Gasteiger partial charge is 0.209 e. The maximum absolute atomic E-state index is 12.8. The Kier molecular flexibility index (Phi) is 5.20. The minimum absolute atomic E-state index is 0.131. The summed E-state index contributed by atoms with van der Waals surface area (Å²) in [5, 5.41) is 11.3. The highest BCUT2D eigenvalue weighted by Gasteiger charge is 2.12. The van der Waals surface area contributed by atoms with Gasteiger partial charge in [-0.1, -0.05) is 35.6 Å². The summed E-state index contributed by atoms with van der Waals surface area (Å²) in [6.45, 7) is 0. The van der Waals surface area contributed by atoms with Crippen molar-refractivity contribution in [2.75, 3.05) is 11.1 Å². The van der Waals surface area contributed by atoms with E-state index in [-0.39, 0.29) is 16.5 Å². The second-order valence-corrected chi connectivity index (χ2v) is 8.00. The summed E-state index contributed by atoms with van der Waals surface area (Å²) in [4.78, 5) is 0.235. The molecule has 0 aliphatic rings. The molecule has 0 saturated carbocycles. The van der Waals surface area contributed by atoms with E-state index in [1.165, 1.54) is 23.5 Å². The number of anilines is 2. The lowest BCUT2D eigenvalue weighted by molar-refractivity contribution is 0.599. The predicted octanol–water partition coefficient (Wildman–Crippen LogP) is 3.91. The van der Waals surface area contributed by atoms with Gasteiger partial charge in [-0.3, -0.25) is 0 Å². The molecule has 3 aromatic rings. The lowest BCUT2D eigenvalue weighted by Gasteiger charge is -2.05. The molecule has 0 amide bonds. The van der Waals surface area contributed by atoms with E-state index in [9.17, 15) is 12.8 Å².